The van der Waals surface area contributed by atoms with Crippen molar-refractivity contribution in [3.63, 3.8) is 0 Å². The maximum absolute atomic E-state index is 6.13. The van der Waals surface area contributed by atoms with Crippen molar-refractivity contribution in [2.45, 2.75) is 12.8 Å². The molecule has 0 aliphatic carbocycles. The van der Waals surface area contributed by atoms with Crippen LogP contribution in [0.4, 0.5) is 5.82 Å². The second-order valence-corrected chi connectivity index (χ2v) is 6.91. The van der Waals surface area contributed by atoms with Crippen molar-refractivity contribution < 1.29 is 4.74 Å². The van der Waals surface area contributed by atoms with E-state index in [0.29, 0.717) is 5.92 Å². The number of anilines is 1. The van der Waals surface area contributed by atoms with Crippen LogP contribution >= 0.6 is 0 Å². The molecule has 2 aliphatic heterocycles. The first-order valence-corrected chi connectivity index (χ1v) is 8.71. The minimum Gasteiger partial charge on any atom is -0.381 e. The van der Waals surface area contributed by atoms with Crippen LogP contribution in [-0.2, 0) is 4.74 Å². The van der Waals surface area contributed by atoms with E-state index < -0.39 is 0 Å². The first-order valence-electron chi connectivity index (χ1n) is 8.71. The van der Waals surface area contributed by atoms with E-state index in [4.69, 9.17) is 10.5 Å². The van der Waals surface area contributed by atoms with Gasteiger partial charge in [-0.2, -0.15) is 0 Å². The van der Waals surface area contributed by atoms with Crippen LogP contribution < -0.4 is 10.6 Å². The maximum atomic E-state index is 6.13. The SMILES string of the molecule is NCC1CN(c2ncncc2-c2ccccc2)CC12CCOCC2. The molecule has 2 aliphatic rings. The lowest BCUT2D eigenvalue weighted by Gasteiger charge is -2.37. The monoisotopic (exact) mass is 324 g/mol. The Balaban J connectivity index is 1.68. The zero-order valence-corrected chi connectivity index (χ0v) is 13.9. The fraction of sp³-hybridized carbons (Fsp3) is 0.474. The van der Waals surface area contributed by atoms with Crippen LogP contribution in [0.25, 0.3) is 11.1 Å². The Labute approximate surface area is 142 Å². The van der Waals surface area contributed by atoms with E-state index in [1.807, 2.05) is 12.3 Å². The van der Waals surface area contributed by atoms with Crippen LogP contribution in [0.1, 0.15) is 12.8 Å². The molecule has 2 N–H and O–H groups in total. The summed E-state index contributed by atoms with van der Waals surface area (Å²) in [4.78, 5) is 11.3. The summed E-state index contributed by atoms with van der Waals surface area (Å²) in [7, 11) is 0. The van der Waals surface area contributed by atoms with Gasteiger partial charge in [-0.25, -0.2) is 9.97 Å². The zero-order chi connectivity index (χ0) is 16.4. The van der Waals surface area contributed by atoms with E-state index in [2.05, 4.69) is 39.1 Å². The van der Waals surface area contributed by atoms with Crippen molar-refractivity contribution in [1.82, 2.24) is 9.97 Å². The van der Waals surface area contributed by atoms with E-state index >= 15 is 0 Å². The summed E-state index contributed by atoms with van der Waals surface area (Å²) in [6, 6.07) is 10.4. The predicted octanol–water partition coefficient (Wildman–Crippen LogP) is 2.34. The van der Waals surface area contributed by atoms with Crippen molar-refractivity contribution in [3.05, 3.63) is 42.9 Å². The summed E-state index contributed by atoms with van der Waals surface area (Å²) in [5.41, 5.74) is 8.65. The topological polar surface area (TPSA) is 64.3 Å². The summed E-state index contributed by atoms with van der Waals surface area (Å²) < 4.78 is 5.60. The molecule has 1 unspecified atom stereocenters. The van der Waals surface area contributed by atoms with E-state index in [1.54, 1.807) is 6.33 Å². The van der Waals surface area contributed by atoms with Crippen molar-refractivity contribution in [2.75, 3.05) is 37.7 Å². The fourth-order valence-electron chi connectivity index (χ4n) is 4.26. The standard InChI is InChI=1S/C19H24N4O/c20-10-16-12-23(13-19(16)6-8-24-9-7-19)18-17(11-21-14-22-18)15-4-2-1-3-5-15/h1-5,11,14,16H,6-10,12-13,20H2. The molecule has 1 aromatic heterocycles. The molecule has 0 amide bonds. The molecule has 0 bridgehead atoms. The number of hydrogen-bond acceptors (Lipinski definition) is 5. The largest absolute Gasteiger partial charge is 0.381 e. The van der Waals surface area contributed by atoms with Crippen molar-refractivity contribution >= 4 is 5.82 Å². The van der Waals surface area contributed by atoms with Crippen LogP contribution in [0, 0.1) is 11.3 Å². The molecule has 2 fully saturated rings. The van der Waals surface area contributed by atoms with E-state index in [-0.39, 0.29) is 5.41 Å². The van der Waals surface area contributed by atoms with Gasteiger partial charge in [-0.05, 0) is 36.3 Å². The average molecular weight is 324 g/mol. The van der Waals surface area contributed by atoms with Gasteiger partial charge in [0.25, 0.3) is 0 Å². The smallest absolute Gasteiger partial charge is 0.139 e. The third-order valence-corrected chi connectivity index (χ3v) is 5.66. The summed E-state index contributed by atoms with van der Waals surface area (Å²) in [5.74, 6) is 1.53. The summed E-state index contributed by atoms with van der Waals surface area (Å²) in [6.45, 7) is 4.39. The summed E-state index contributed by atoms with van der Waals surface area (Å²) in [6.07, 6.45) is 5.76. The average Bonchev–Trinajstić information content (AvgIpc) is 3.01. The molecule has 3 heterocycles. The number of hydrogen-bond donors (Lipinski definition) is 1. The Kier molecular flexibility index (Phi) is 4.21. The number of aromatic nitrogens is 2. The Bertz CT molecular complexity index is 685. The second kappa shape index (κ2) is 6.49. The van der Waals surface area contributed by atoms with Crippen LogP contribution in [0.15, 0.2) is 42.9 Å². The molecule has 0 saturated carbocycles. The predicted molar refractivity (Wildman–Crippen MR) is 94.7 cm³/mol. The van der Waals surface area contributed by atoms with Gasteiger partial charge in [0, 0.05) is 38.1 Å². The van der Waals surface area contributed by atoms with Gasteiger partial charge < -0.3 is 15.4 Å². The molecule has 126 valence electrons. The normalized spacial score (nSPS) is 22.9. The van der Waals surface area contributed by atoms with Crippen LogP contribution in [0.3, 0.4) is 0 Å². The van der Waals surface area contributed by atoms with Crippen LogP contribution in [0.5, 0.6) is 0 Å². The number of nitrogens with zero attached hydrogens (tertiary/aromatic N) is 3. The van der Waals surface area contributed by atoms with Crippen molar-refractivity contribution in [2.24, 2.45) is 17.1 Å². The quantitative estimate of drug-likeness (QED) is 0.939. The molecular weight excluding hydrogens is 300 g/mol. The third-order valence-electron chi connectivity index (χ3n) is 5.66. The van der Waals surface area contributed by atoms with Gasteiger partial charge in [-0.15, -0.1) is 0 Å². The Morgan fingerprint density at radius 3 is 2.75 bits per heavy atom. The molecule has 2 saturated heterocycles. The Morgan fingerprint density at radius 2 is 2.00 bits per heavy atom. The summed E-state index contributed by atoms with van der Waals surface area (Å²) >= 11 is 0. The molecular formula is C19H24N4O. The van der Waals surface area contributed by atoms with E-state index in [9.17, 15) is 0 Å². The van der Waals surface area contributed by atoms with Gasteiger partial charge >= 0.3 is 0 Å². The second-order valence-electron chi connectivity index (χ2n) is 6.91. The first kappa shape index (κ1) is 15.5. The first-order chi connectivity index (χ1) is 11.8. The fourth-order valence-corrected chi connectivity index (χ4v) is 4.26. The highest BCUT2D eigenvalue weighted by atomic mass is 16.5. The molecule has 2 aromatic rings. The van der Waals surface area contributed by atoms with E-state index in [0.717, 1.165) is 62.6 Å². The van der Waals surface area contributed by atoms with Gasteiger partial charge in [0.1, 0.15) is 12.1 Å². The zero-order valence-electron chi connectivity index (χ0n) is 13.9. The lowest BCUT2D eigenvalue weighted by Crippen LogP contribution is -2.39. The number of nitrogens with two attached hydrogens (primary N) is 1. The Hall–Kier alpha value is -1.98. The molecule has 4 rings (SSSR count). The highest BCUT2D eigenvalue weighted by Crippen LogP contribution is 2.46. The molecule has 1 aromatic carbocycles. The molecule has 1 spiro atoms. The van der Waals surface area contributed by atoms with Crippen molar-refractivity contribution in [3.8, 4) is 11.1 Å². The molecule has 1 atom stereocenters. The minimum absolute atomic E-state index is 0.270. The molecule has 24 heavy (non-hydrogen) atoms. The van der Waals surface area contributed by atoms with Crippen LogP contribution in [0.2, 0.25) is 0 Å². The van der Waals surface area contributed by atoms with E-state index in [1.165, 1.54) is 0 Å². The van der Waals surface area contributed by atoms with Gasteiger partial charge in [0.15, 0.2) is 0 Å². The van der Waals surface area contributed by atoms with Crippen LogP contribution in [-0.4, -0.2) is 42.8 Å². The number of ether oxygens (including phenoxy) is 1. The van der Waals surface area contributed by atoms with Crippen molar-refractivity contribution in [1.29, 1.82) is 0 Å². The molecule has 5 heteroatoms. The van der Waals surface area contributed by atoms with Gasteiger partial charge in [0.05, 0.1) is 0 Å². The number of benzene rings is 1. The highest BCUT2D eigenvalue weighted by Gasteiger charge is 2.47. The lowest BCUT2D eigenvalue weighted by molar-refractivity contribution is 0.00490. The lowest BCUT2D eigenvalue weighted by atomic mass is 9.72. The van der Waals surface area contributed by atoms with Gasteiger partial charge in [-0.3, -0.25) is 0 Å². The molecule has 5 nitrogen and oxygen atoms in total. The van der Waals surface area contributed by atoms with Gasteiger partial charge in [0.2, 0.25) is 0 Å². The third kappa shape index (κ3) is 2.68. The highest BCUT2D eigenvalue weighted by molar-refractivity contribution is 5.75. The Morgan fingerprint density at radius 1 is 1.21 bits per heavy atom. The summed E-state index contributed by atoms with van der Waals surface area (Å²) in [5, 5.41) is 0. The number of rotatable bonds is 3. The molecule has 0 radical (unpaired) electrons. The van der Waals surface area contributed by atoms with Gasteiger partial charge in [-0.1, -0.05) is 30.3 Å². The maximum Gasteiger partial charge on any atom is 0.139 e. The minimum atomic E-state index is 0.270.